The summed E-state index contributed by atoms with van der Waals surface area (Å²) in [5.74, 6) is -7.12. The van der Waals surface area contributed by atoms with E-state index >= 15 is 0 Å². The first-order valence-corrected chi connectivity index (χ1v) is 10.1. The van der Waals surface area contributed by atoms with Crippen LogP contribution in [0.2, 0.25) is 0 Å². The quantitative estimate of drug-likeness (QED) is 0.343. The van der Waals surface area contributed by atoms with Gasteiger partial charge in [0, 0.05) is 12.5 Å². The average molecular weight is 402 g/mol. The number of ketones is 2. The van der Waals surface area contributed by atoms with Gasteiger partial charge in [0.2, 0.25) is 0 Å². The molecule has 0 aliphatic carbocycles. The topological polar surface area (TPSA) is 159 Å². The Morgan fingerprint density at radius 3 is 2.00 bits per heavy atom. The molecular weight excluding hydrogens is 380 g/mol. The molecule has 1 aliphatic rings. The molecule has 0 aromatic carbocycles. The van der Waals surface area contributed by atoms with Crippen LogP contribution in [-0.4, -0.2) is 74.9 Å². The third-order valence-corrected chi connectivity index (χ3v) is 4.45. The van der Waals surface area contributed by atoms with Gasteiger partial charge in [0.25, 0.3) is 0 Å². The first kappa shape index (κ1) is 22.6. The van der Waals surface area contributed by atoms with Crippen LogP contribution in [0, 0.1) is 5.92 Å². The van der Waals surface area contributed by atoms with E-state index in [1.54, 1.807) is 0 Å². The average Bonchev–Trinajstić information content (AvgIpc) is 3.03. The number of aliphatic imine (C=N–C) groups is 1. The Kier molecular flexibility index (Phi) is 7.55. The highest BCUT2D eigenvalue weighted by Crippen LogP contribution is 2.32. The molecule has 0 fully saturated rings. The van der Waals surface area contributed by atoms with Crippen LogP contribution in [0.15, 0.2) is 17.1 Å². The van der Waals surface area contributed by atoms with Gasteiger partial charge < -0.3 is 15.2 Å². The predicted octanol–water partition coefficient (Wildman–Crippen LogP) is -1.38. The normalized spacial score (nSPS) is 19.7. The smallest absolute Gasteiger partial charge is 0.323 e. The van der Waals surface area contributed by atoms with Crippen molar-refractivity contribution in [2.45, 2.75) is 25.4 Å². The van der Waals surface area contributed by atoms with Gasteiger partial charge in [-0.1, -0.05) is 0 Å². The van der Waals surface area contributed by atoms with Crippen molar-refractivity contribution >= 4 is 39.6 Å². The van der Waals surface area contributed by atoms with Crippen molar-refractivity contribution in [1.82, 2.24) is 0 Å². The van der Waals surface area contributed by atoms with Gasteiger partial charge >= 0.3 is 11.9 Å². The number of esters is 2. The van der Waals surface area contributed by atoms with Crippen molar-refractivity contribution in [3.63, 3.8) is 0 Å². The Morgan fingerprint density at radius 2 is 1.63 bits per heavy atom. The van der Waals surface area contributed by atoms with Crippen molar-refractivity contribution in [3.05, 3.63) is 12.2 Å². The van der Waals surface area contributed by atoms with Crippen molar-refractivity contribution in [3.8, 4) is 0 Å². The number of sulfone groups is 1. The second-order valence-corrected chi connectivity index (χ2v) is 7.92. The van der Waals surface area contributed by atoms with Crippen LogP contribution in [0.3, 0.4) is 0 Å². The molecule has 1 aliphatic heterocycles. The van der Waals surface area contributed by atoms with Crippen LogP contribution in [0.1, 0.15) is 13.8 Å². The largest absolute Gasteiger partial charge is 0.465 e. The van der Waals surface area contributed by atoms with Crippen LogP contribution in [0.5, 0.6) is 0 Å². The molecule has 0 amide bonds. The Hall–Kier alpha value is -2.40. The summed E-state index contributed by atoms with van der Waals surface area (Å²) < 4.78 is 32.3. The van der Waals surface area contributed by atoms with E-state index in [1.807, 2.05) is 0 Å². The Labute approximate surface area is 156 Å². The molecule has 0 spiro atoms. The molecule has 0 radical (unpaired) electrons. The molecule has 2 unspecified atom stereocenters. The summed E-state index contributed by atoms with van der Waals surface area (Å²) >= 11 is 0. The van der Waals surface area contributed by atoms with Gasteiger partial charge in [0.05, 0.1) is 13.2 Å². The zero-order chi connectivity index (χ0) is 20.8. The van der Waals surface area contributed by atoms with Gasteiger partial charge in [0.1, 0.15) is 11.8 Å². The van der Waals surface area contributed by atoms with E-state index < -0.39 is 56.6 Å². The number of nitrogens with two attached hydrogens (primary N) is 1. The van der Waals surface area contributed by atoms with Crippen LogP contribution in [-0.2, 0) is 38.5 Å². The highest BCUT2D eigenvalue weighted by atomic mass is 32.2. The van der Waals surface area contributed by atoms with E-state index in [0.29, 0.717) is 0 Å². The Balaban J connectivity index is 3.35. The molecule has 0 saturated heterocycles. The van der Waals surface area contributed by atoms with Crippen LogP contribution >= 0.6 is 0 Å². The first-order chi connectivity index (χ1) is 12.5. The van der Waals surface area contributed by atoms with E-state index in [2.05, 4.69) is 4.99 Å². The third kappa shape index (κ3) is 5.30. The van der Waals surface area contributed by atoms with E-state index in [0.717, 1.165) is 18.5 Å². The van der Waals surface area contributed by atoms with E-state index in [9.17, 15) is 27.6 Å². The highest BCUT2D eigenvalue weighted by Gasteiger charge is 2.56. The molecule has 2 N–H and O–H groups in total. The lowest BCUT2D eigenvalue weighted by atomic mass is 9.77. The lowest BCUT2D eigenvalue weighted by Crippen LogP contribution is -2.58. The fraction of sp³-hybridized carbons (Fsp3) is 0.562. The number of ether oxygens (including phenoxy) is 2. The second kappa shape index (κ2) is 9.00. The number of hydrogen-bond donors (Lipinski definition) is 1. The van der Waals surface area contributed by atoms with E-state index in [4.69, 9.17) is 15.2 Å². The molecule has 1 rings (SSSR count). The van der Waals surface area contributed by atoms with Crippen LogP contribution in [0.4, 0.5) is 0 Å². The second-order valence-electron chi connectivity index (χ2n) is 5.78. The Morgan fingerprint density at radius 1 is 1.11 bits per heavy atom. The Bertz CT molecular complexity index is 754. The van der Waals surface area contributed by atoms with Gasteiger partial charge in [-0.15, -0.1) is 0 Å². The zero-order valence-corrected chi connectivity index (χ0v) is 16.0. The fourth-order valence-electron chi connectivity index (χ4n) is 2.51. The molecule has 0 aromatic heterocycles. The van der Waals surface area contributed by atoms with Crippen molar-refractivity contribution in [2.24, 2.45) is 16.6 Å². The van der Waals surface area contributed by atoms with E-state index in [-0.39, 0.29) is 13.2 Å². The lowest BCUT2D eigenvalue weighted by Gasteiger charge is -2.30. The summed E-state index contributed by atoms with van der Waals surface area (Å²) in [5.41, 5.74) is 3.50. The number of rotatable bonds is 10. The molecule has 27 heavy (non-hydrogen) atoms. The van der Waals surface area contributed by atoms with Gasteiger partial charge in [-0.05, 0) is 26.0 Å². The molecule has 1 heterocycles. The number of carbonyl (C=O) groups excluding carboxylic acids is 4. The molecule has 0 saturated carbocycles. The number of carbonyl (C=O) groups is 4. The maximum atomic E-state index is 12.9. The summed E-state index contributed by atoms with van der Waals surface area (Å²) in [6.07, 6.45) is 4.42. The van der Waals surface area contributed by atoms with Crippen LogP contribution in [0.25, 0.3) is 0 Å². The first-order valence-electron chi connectivity index (χ1n) is 8.06. The van der Waals surface area contributed by atoms with Crippen LogP contribution < -0.4 is 5.73 Å². The SMILES string of the molecule is CCOC(=O)C(C(=O)OCC)C1(C(=O)C(N)C(=O)CS(C)(=O)=O)C=CC=N1. The maximum Gasteiger partial charge on any atom is 0.323 e. The highest BCUT2D eigenvalue weighted by molar-refractivity contribution is 7.91. The minimum absolute atomic E-state index is 0.0779. The monoisotopic (exact) mass is 402 g/mol. The number of Topliss-reactive ketones (excluding diaryl/α,β-unsaturated/α-hetero) is 2. The van der Waals surface area contributed by atoms with Gasteiger partial charge in [-0.2, -0.15) is 0 Å². The maximum absolute atomic E-state index is 12.9. The van der Waals surface area contributed by atoms with Gasteiger partial charge in [-0.25, -0.2) is 8.42 Å². The summed E-state index contributed by atoms with van der Waals surface area (Å²) in [7, 11) is -3.74. The summed E-state index contributed by atoms with van der Waals surface area (Å²) in [6.45, 7) is 2.85. The lowest BCUT2D eigenvalue weighted by molar-refractivity contribution is -0.166. The summed E-state index contributed by atoms with van der Waals surface area (Å²) in [4.78, 5) is 53.7. The number of hydrogen-bond acceptors (Lipinski definition) is 10. The molecule has 10 nitrogen and oxygen atoms in total. The molecule has 0 bridgehead atoms. The van der Waals surface area contributed by atoms with Crippen molar-refractivity contribution in [1.29, 1.82) is 0 Å². The minimum atomic E-state index is -3.74. The van der Waals surface area contributed by atoms with E-state index in [1.165, 1.54) is 19.9 Å². The van der Waals surface area contributed by atoms with Gasteiger partial charge in [0.15, 0.2) is 32.9 Å². The molecular formula is C16H22N2O8S. The standard InChI is InChI=1S/C16H22N2O8S/c1-4-25-14(21)11(15(22)26-5-2)16(7-6-8-18-16)13(20)12(17)10(19)9-27(3,23)24/h6-8,11-12H,4-5,9,17H2,1-3H3. The third-order valence-electron chi connectivity index (χ3n) is 3.64. The number of allylic oxidation sites excluding steroid dienone is 1. The summed E-state index contributed by atoms with van der Waals surface area (Å²) in [5, 5.41) is 0. The fourth-order valence-corrected chi connectivity index (χ4v) is 3.20. The van der Waals surface area contributed by atoms with Crippen molar-refractivity contribution < 1.29 is 37.1 Å². The zero-order valence-electron chi connectivity index (χ0n) is 15.2. The molecule has 2 atom stereocenters. The summed E-state index contributed by atoms with van der Waals surface area (Å²) in [6, 6.07) is -1.91. The molecule has 0 aromatic rings. The molecule has 150 valence electrons. The molecule has 11 heteroatoms. The number of nitrogens with zero attached hydrogens (tertiary/aromatic N) is 1. The van der Waals surface area contributed by atoms with Crippen molar-refractivity contribution in [2.75, 3.05) is 25.2 Å². The minimum Gasteiger partial charge on any atom is -0.465 e. The predicted molar refractivity (Wildman–Crippen MR) is 94.8 cm³/mol. The van der Waals surface area contributed by atoms with Gasteiger partial charge in [-0.3, -0.25) is 24.2 Å².